The lowest BCUT2D eigenvalue weighted by Gasteiger charge is -2.08. The second kappa shape index (κ2) is 6.05. The van der Waals surface area contributed by atoms with Crippen LogP contribution in [0.15, 0.2) is 30.6 Å². The van der Waals surface area contributed by atoms with Crippen LogP contribution in [0.4, 0.5) is 0 Å². The Balaban J connectivity index is 2.45. The van der Waals surface area contributed by atoms with Crippen LogP contribution in [0.1, 0.15) is 17.3 Å². The van der Waals surface area contributed by atoms with Crippen molar-refractivity contribution < 1.29 is 9.53 Å². The smallest absolute Gasteiger partial charge is 0.263 e. The molecule has 1 heterocycles. The molecule has 1 aromatic carbocycles. The second-order valence-electron chi connectivity index (χ2n) is 3.92. The summed E-state index contributed by atoms with van der Waals surface area (Å²) in [6, 6.07) is 5.52. The first kappa shape index (κ1) is 13.9. The summed E-state index contributed by atoms with van der Waals surface area (Å²) in [6.45, 7) is 2.84. The predicted molar refractivity (Wildman–Crippen MR) is 81.4 cm³/mol. The maximum atomic E-state index is 11.8. The number of hydrogen-bond donors (Lipinski definition) is 1. The summed E-state index contributed by atoms with van der Waals surface area (Å²) < 4.78 is 9.63. The van der Waals surface area contributed by atoms with E-state index in [0.29, 0.717) is 11.3 Å². The van der Waals surface area contributed by atoms with Crippen molar-refractivity contribution in [3.63, 3.8) is 0 Å². The molecule has 5 nitrogen and oxygen atoms in total. The van der Waals surface area contributed by atoms with Crippen molar-refractivity contribution >= 4 is 28.8 Å². The highest BCUT2D eigenvalue weighted by Gasteiger charge is 2.13. The van der Waals surface area contributed by atoms with Gasteiger partial charge >= 0.3 is 0 Å². The lowest BCUT2D eigenvalue weighted by molar-refractivity contribution is 0.0987. The van der Waals surface area contributed by atoms with Gasteiger partial charge in [0.15, 0.2) is 0 Å². The molecule has 0 saturated carbocycles. The molecule has 0 spiro atoms. The third-order valence-corrected chi connectivity index (χ3v) is 3.31. The minimum absolute atomic E-state index is 0.179. The number of aryl methyl sites for hydroxylation is 1. The van der Waals surface area contributed by atoms with E-state index in [9.17, 15) is 4.79 Å². The van der Waals surface area contributed by atoms with Crippen LogP contribution < -0.4 is 8.27 Å². The molecule has 1 N–H and O–H groups in total. The topological polar surface area (TPSA) is 56.1 Å². The molecule has 0 aliphatic carbocycles. The predicted octanol–water partition coefficient (Wildman–Crippen LogP) is 2.66. The number of amides is 1. The lowest BCUT2D eigenvalue weighted by Crippen LogP contribution is -2.13. The van der Waals surface area contributed by atoms with Gasteiger partial charge in [-0.3, -0.25) is 13.0 Å². The fourth-order valence-corrected chi connectivity index (χ4v) is 2.09. The first-order valence-electron chi connectivity index (χ1n) is 5.81. The van der Waals surface area contributed by atoms with Crippen molar-refractivity contribution in [2.75, 3.05) is 7.11 Å². The molecule has 0 aliphatic rings. The lowest BCUT2D eigenvalue weighted by atomic mass is 10.0. The molecule has 0 bridgehead atoms. The van der Waals surface area contributed by atoms with Crippen molar-refractivity contribution in [2.24, 2.45) is 0 Å². The molecule has 0 unspecified atom stereocenters. The van der Waals surface area contributed by atoms with E-state index in [2.05, 4.69) is 8.63 Å². The average Bonchev–Trinajstić information content (AvgIpc) is 2.94. The summed E-state index contributed by atoms with van der Waals surface area (Å²) in [6.07, 6.45) is 3.74. The number of ether oxygens (including phenoxy) is 1. The molecular weight excluding hydrogens is 357 g/mol. The Morgan fingerprint density at radius 2 is 2.26 bits per heavy atom. The Kier molecular flexibility index (Phi) is 4.41. The molecule has 2 aromatic rings. The summed E-state index contributed by atoms with van der Waals surface area (Å²) in [5, 5.41) is 4.23. The zero-order chi connectivity index (χ0) is 13.8. The zero-order valence-corrected chi connectivity index (χ0v) is 12.8. The quantitative estimate of drug-likeness (QED) is 0.664. The summed E-state index contributed by atoms with van der Waals surface area (Å²) in [5.41, 5.74) is 2.43. The summed E-state index contributed by atoms with van der Waals surface area (Å²) in [4.78, 5) is 11.8. The average molecular weight is 371 g/mol. The SMILES string of the molecule is CCn1cc(-c2ccc(OC)c(C(=O)NI)c2)cn1. The summed E-state index contributed by atoms with van der Waals surface area (Å²) in [7, 11) is 1.55. The minimum Gasteiger partial charge on any atom is -0.496 e. The van der Waals surface area contributed by atoms with Crippen molar-refractivity contribution in [3.05, 3.63) is 36.2 Å². The van der Waals surface area contributed by atoms with Gasteiger partial charge in [0, 0.05) is 18.3 Å². The molecule has 100 valence electrons. The van der Waals surface area contributed by atoms with E-state index in [1.807, 2.05) is 52.8 Å². The van der Waals surface area contributed by atoms with Gasteiger partial charge in [-0.05, 0) is 24.6 Å². The number of hydrogen-bond acceptors (Lipinski definition) is 3. The summed E-state index contributed by atoms with van der Waals surface area (Å²) in [5.74, 6) is 0.378. The number of carbonyl (C=O) groups is 1. The minimum atomic E-state index is -0.179. The highest BCUT2D eigenvalue weighted by atomic mass is 127. The summed E-state index contributed by atoms with van der Waals surface area (Å²) >= 11 is 1.81. The van der Waals surface area contributed by atoms with Gasteiger partial charge in [-0.25, -0.2) is 0 Å². The molecule has 0 radical (unpaired) electrons. The number of nitrogens with one attached hydrogen (secondary N) is 1. The molecule has 0 saturated heterocycles. The van der Waals surface area contributed by atoms with E-state index >= 15 is 0 Å². The Morgan fingerprint density at radius 1 is 1.47 bits per heavy atom. The van der Waals surface area contributed by atoms with Gasteiger partial charge in [0.1, 0.15) is 5.75 Å². The number of nitrogens with zero attached hydrogens (tertiary/aromatic N) is 2. The van der Waals surface area contributed by atoms with Crippen LogP contribution in [0.5, 0.6) is 5.75 Å². The molecule has 6 heteroatoms. The van der Waals surface area contributed by atoms with Crippen LogP contribution >= 0.6 is 22.9 Å². The van der Waals surface area contributed by atoms with Crippen LogP contribution in [0.25, 0.3) is 11.1 Å². The van der Waals surface area contributed by atoms with Gasteiger partial charge in [-0.2, -0.15) is 5.10 Å². The van der Waals surface area contributed by atoms with Gasteiger partial charge in [-0.1, -0.05) is 6.07 Å². The van der Waals surface area contributed by atoms with E-state index in [-0.39, 0.29) is 5.91 Å². The maximum absolute atomic E-state index is 11.8. The molecule has 0 fully saturated rings. The first-order chi connectivity index (χ1) is 9.19. The van der Waals surface area contributed by atoms with E-state index in [0.717, 1.165) is 17.7 Å². The van der Waals surface area contributed by atoms with Crippen LogP contribution in [0.3, 0.4) is 0 Å². The zero-order valence-electron chi connectivity index (χ0n) is 10.7. The van der Waals surface area contributed by atoms with Crippen LogP contribution in [0, 0.1) is 0 Å². The third kappa shape index (κ3) is 2.89. The molecule has 0 atom stereocenters. The normalized spacial score (nSPS) is 10.3. The van der Waals surface area contributed by atoms with E-state index < -0.39 is 0 Å². The standard InChI is InChI=1S/C13H14IN3O2/c1-3-17-8-10(7-15-17)9-4-5-12(19-2)11(6-9)13(18)16-14/h4-8H,3H2,1-2H3,(H,16,18). The number of benzene rings is 1. The van der Waals surface area contributed by atoms with Crippen LogP contribution in [0.2, 0.25) is 0 Å². The molecule has 0 aliphatic heterocycles. The Hall–Kier alpha value is -1.57. The number of rotatable bonds is 4. The van der Waals surface area contributed by atoms with E-state index in [1.165, 1.54) is 0 Å². The van der Waals surface area contributed by atoms with Crippen LogP contribution in [-0.4, -0.2) is 22.8 Å². The van der Waals surface area contributed by atoms with Gasteiger partial charge in [0.2, 0.25) is 0 Å². The first-order valence-corrected chi connectivity index (χ1v) is 6.89. The van der Waals surface area contributed by atoms with Gasteiger partial charge in [0.05, 0.1) is 41.7 Å². The largest absolute Gasteiger partial charge is 0.496 e. The van der Waals surface area contributed by atoms with Gasteiger partial charge in [-0.15, -0.1) is 0 Å². The third-order valence-electron chi connectivity index (χ3n) is 2.82. The number of methoxy groups -OCH3 is 1. The second-order valence-corrected chi connectivity index (χ2v) is 4.46. The fraction of sp³-hybridized carbons (Fsp3) is 0.231. The molecule has 1 amide bonds. The number of aromatic nitrogens is 2. The van der Waals surface area contributed by atoms with Gasteiger partial charge in [0.25, 0.3) is 5.91 Å². The van der Waals surface area contributed by atoms with E-state index in [4.69, 9.17) is 4.74 Å². The van der Waals surface area contributed by atoms with E-state index in [1.54, 1.807) is 19.4 Å². The van der Waals surface area contributed by atoms with Crippen molar-refractivity contribution in [2.45, 2.75) is 13.5 Å². The van der Waals surface area contributed by atoms with Crippen molar-refractivity contribution in [1.82, 2.24) is 13.3 Å². The van der Waals surface area contributed by atoms with Crippen LogP contribution in [-0.2, 0) is 6.54 Å². The molecule has 19 heavy (non-hydrogen) atoms. The van der Waals surface area contributed by atoms with Crippen molar-refractivity contribution in [1.29, 1.82) is 0 Å². The maximum Gasteiger partial charge on any atom is 0.263 e. The highest BCUT2D eigenvalue weighted by Crippen LogP contribution is 2.26. The molecular formula is C13H14IN3O2. The molecule has 2 rings (SSSR count). The van der Waals surface area contributed by atoms with Gasteiger partial charge < -0.3 is 4.74 Å². The Bertz CT molecular complexity index is 595. The fourth-order valence-electron chi connectivity index (χ4n) is 1.80. The molecule has 1 aromatic heterocycles. The van der Waals surface area contributed by atoms with Crippen molar-refractivity contribution in [3.8, 4) is 16.9 Å². The monoisotopic (exact) mass is 371 g/mol. The number of halogens is 1. The Morgan fingerprint density at radius 3 is 2.84 bits per heavy atom. The Labute approximate surface area is 125 Å². The highest BCUT2D eigenvalue weighted by molar-refractivity contribution is 14.1. The number of carbonyl (C=O) groups excluding carboxylic acids is 1.